The van der Waals surface area contributed by atoms with Crippen molar-refractivity contribution in [2.75, 3.05) is 21.3 Å². The molecule has 4 nitrogen and oxygen atoms in total. The van der Waals surface area contributed by atoms with E-state index in [1.807, 2.05) is 0 Å². The van der Waals surface area contributed by atoms with E-state index in [9.17, 15) is 0 Å². The monoisotopic (exact) mass is 256 g/mol. The lowest BCUT2D eigenvalue weighted by atomic mass is 10.2. The van der Waals surface area contributed by atoms with Crippen LogP contribution in [0.2, 0.25) is 6.04 Å². The lowest BCUT2D eigenvalue weighted by Gasteiger charge is -2.22. The fourth-order valence-corrected chi connectivity index (χ4v) is 3.39. The summed E-state index contributed by atoms with van der Waals surface area (Å²) in [6.45, 7) is 2.99. The van der Waals surface area contributed by atoms with Gasteiger partial charge in [-0.3, -0.25) is 0 Å². The maximum absolute atomic E-state index is 5.40. The molecule has 0 radical (unpaired) electrons. The third kappa shape index (κ3) is 3.88. The molecule has 0 aliphatic rings. The third-order valence-electron chi connectivity index (χ3n) is 2.94. The van der Waals surface area contributed by atoms with Crippen LogP contribution in [0.3, 0.4) is 0 Å². The maximum atomic E-state index is 5.40. The number of aromatic nitrogens is 1. The first-order valence-electron chi connectivity index (χ1n) is 5.83. The summed E-state index contributed by atoms with van der Waals surface area (Å²) in [6.07, 6.45) is 5.25. The van der Waals surface area contributed by atoms with Gasteiger partial charge in [0.1, 0.15) is 0 Å². The second-order valence-corrected chi connectivity index (χ2v) is 6.94. The number of aryl methyl sites for hydroxylation is 2. The van der Waals surface area contributed by atoms with Crippen molar-refractivity contribution in [3.63, 3.8) is 0 Å². The highest BCUT2D eigenvalue weighted by Gasteiger charge is 2.38. The third-order valence-corrected chi connectivity index (χ3v) is 5.64. The maximum Gasteiger partial charge on any atom is 0.506 e. The number of pyridine rings is 1. The number of rotatable bonds is 7. The average Bonchev–Trinajstić information content (AvgIpc) is 2.41. The van der Waals surface area contributed by atoms with Crippen molar-refractivity contribution in [3.8, 4) is 0 Å². The molecule has 96 valence electrons. The van der Waals surface area contributed by atoms with Crippen LogP contribution in [-0.4, -0.2) is 30.1 Å². The van der Waals surface area contributed by atoms with E-state index in [1.54, 1.807) is 21.3 Å². The van der Waals surface area contributed by atoms with Crippen molar-refractivity contribution in [1.29, 1.82) is 0 Å². The highest BCUT2D eigenvalue weighted by Crippen LogP contribution is 2.12. The highest BCUT2D eigenvalue weighted by atomic mass is 28.4. The second kappa shape index (κ2) is 6.86. The Bertz CT molecular complexity index is 334. The summed E-state index contributed by atoms with van der Waals surface area (Å²) in [5.74, 6) is 0. The molecule has 0 atom stereocenters. The van der Waals surface area contributed by atoms with Gasteiger partial charge in [0.2, 0.25) is 0 Å². The summed E-state index contributed by atoms with van der Waals surface area (Å²) in [5, 5.41) is 0. The molecule has 0 amide bonds. The zero-order chi connectivity index (χ0) is 12.7. The smallest absolute Gasteiger partial charge is 0.377 e. The Morgan fingerprint density at radius 2 is 1.82 bits per heavy atom. The van der Waals surface area contributed by atoms with Crippen LogP contribution in [0.5, 0.6) is 0 Å². The topological polar surface area (TPSA) is 31.6 Å². The lowest BCUT2D eigenvalue weighted by molar-refractivity contribution is -0.694. The van der Waals surface area contributed by atoms with Crippen LogP contribution in [0, 0.1) is 0 Å². The van der Waals surface area contributed by atoms with Crippen molar-refractivity contribution in [3.05, 3.63) is 30.1 Å². The first-order chi connectivity index (χ1) is 8.19. The summed E-state index contributed by atoms with van der Waals surface area (Å²) in [7, 11) is 2.49. The normalized spacial score (nSPS) is 11.8. The summed E-state index contributed by atoms with van der Waals surface area (Å²) >= 11 is 0. The molecule has 0 saturated heterocycles. The Balaban J connectivity index is 2.65. The minimum Gasteiger partial charge on any atom is -0.377 e. The zero-order valence-corrected chi connectivity index (χ0v) is 12.1. The second-order valence-electron chi connectivity index (χ2n) is 3.85. The van der Waals surface area contributed by atoms with E-state index in [2.05, 4.69) is 36.0 Å². The predicted octanol–water partition coefficient (Wildman–Crippen LogP) is 1.41. The van der Waals surface area contributed by atoms with Crippen molar-refractivity contribution in [2.45, 2.75) is 25.9 Å². The molecular formula is C12H22NO3Si+. The van der Waals surface area contributed by atoms with Gasteiger partial charge in [-0.2, -0.15) is 0 Å². The molecule has 0 aliphatic carbocycles. The molecule has 0 unspecified atom stereocenters. The quantitative estimate of drug-likeness (QED) is 0.546. The van der Waals surface area contributed by atoms with Gasteiger partial charge in [-0.25, -0.2) is 4.57 Å². The standard InChI is InChI=1S/C12H22NO3Si/c1-5-12-7-6-8-13(11-12)9-10-17(14-2,15-3)16-4/h6-8,11H,5,9-10H2,1-4H3/q+1. The zero-order valence-electron chi connectivity index (χ0n) is 11.1. The van der Waals surface area contributed by atoms with Crippen molar-refractivity contribution >= 4 is 8.80 Å². The van der Waals surface area contributed by atoms with E-state index in [0.717, 1.165) is 19.0 Å². The molecule has 1 heterocycles. The van der Waals surface area contributed by atoms with Crippen LogP contribution in [0.4, 0.5) is 0 Å². The van der Waals surface area contributed by atoms with Crippen LogP contribution >= 0.6 is 0 Å². The SMILES string of the molecule is CCc1ccc[n+](CC[Si](OC)(OC)OC)c1. The molecule has 0 saturated carbocycles. The predicted molar refractivity (Wildman–Crippen MR) is 67.6 cm³/mol. The van der Waals surface area contributed by atoms with Gasteiger partial charge in [-0.1, -0.05) is 6.92 Å². The number of hydrogen-bond donors (Lipinski definition) is 0. The van der Waals surface area contributed by atoms with E-state index in [0.29, 0.717) is 0 Å². The molecule has 0 fully saturated rings. The van der Waals surface area contributed by atoms with E-state index >= 15 is 0 Å². The fraction of sp³-hybridized carbons (Fsp3) is 0.583. The molecule has 0 aliphatic heterocycles. The number of hydrogen-bond acceptors (Lipinski definition) is 3. The van der Waals surface area contributed by atoms with E-state index in [1.165, 1.54) is 5.56 Å². The minimum atomic E-state index is -2.45. The van der Waals surface area contributed by atoms with Gasteiger partial charge in [-0.15, -0.1) is 0 Å². The average molecular weight is 256 g/mol. The van der Waals surface area contributed by atoms with Gasteiger partial charge in [0, 0.05) is 33.0 Å². The minimum absolute atomic E-state index is 0.772. The van der Waals surface area contributed by atoms with Crippen LogP contribution in [0.15, 0.2) is 24.5 Å². The Kier molecular flexibility index (Phi) is 5.77. The Hall–Kier alpha value is -0.753. The van der Waals surface area contributed by atoms with E-state index in [4.69, 9.17) is 13.3 Å². The van der Waals surface area contributed by atoms with Gasteiger partial charge in [0.25, 0.3) is 0 Å². The lowest BCUT2D eigenvalue weighted by Crippen LogP contribution is -2.47. The molecule has 1 rings (SSSR count). The first-order valence-corrected chi connectivity index (χ1v) is 7.76. The fourth-order valence-electron chi connectivity index (χ4n) is 1.75. The van der Waals surface area contributed by atoms with Crippen molar-refractivity contribution < 1.29 is 17.8 Å². The van der Waals surface area contributed by atoms with E-state index < -0.39 is 8.80 Å². The molecule has 1 aromatic rings. The van der Waals surface area contributed by atoms with Crippen LogP contribution in [-0.2, 0) is 26.2 Å². The Labute approximate surface area is 105 Å². The molecule has 0 bridgehead atoms. The first kappa shape index (κ1) is 14.3. The van der Waals surface area contributed by atoms with Gasteiger partial charge >= 0.3 is 8.80 Å². The number of nitrogens with zero attached hydrogens (tertiary/aromatic N) is 1. The van der Waals surface area contributed by atoms with Gasteiger partial charge in [-0.05, 0) is 12.5 Å². The molecular weight excluding hydrogens is 234 g/mol. The summed E-state index contributed by atoms with van der Waals surface area (Å²) in [4.78, 5) is 0. The largest absolute Gasteiger partial charge is 0.506 e. The molecule has 1 aromatic heterocycles. The highest BCUT2D eigenvalue weighted by molar-refractivity contribution is 6.60. The van der Waals surface area contributed by atoms with Gasteiger partial charge < -0.3 is 13.3 Å². The summed E-state index contributed by atoms with van der Waals surface area (Å²) in [5.41, 5.74) is 1.33. The Morgan fingerprint density at radius 1 is 1.18 bits per heavy atom. The molecule has 0 spiro atoms. The van der Waals surface area contributed by atoms with Crippen LogP contribution < -0.4 is 4.57 Å². The summed E-state index contributed by atoms with van der Waals surface area (Å²) < 4.78 is 18.3. The van der Waals surface area contributed by atoms with E-state index in [-0.39, 0.29) is 0 Å². The molecule has 5 heteroatoms. The van der Waals surface area contributed by atoms with Crippen molar-refractivity contribution in [1.82, 2.24) is 0 Å². The summed E-state index contributed by atoms with van der Waals surface area (Å²) in [6, 6.07) is 4.97. The molecule has 17 heavy (non-hydrogen) atoms. The Morgan fingerprint density at radius 3 is 2.35 bits per heavy atom. The van der Waals surface area contributed by atoms with Gasteiger partial charge in [0.05, 0.1) is 6.04 Å². The van der Waals surface area contributed by atoms with Crippen LogP contribution in [0.1, 0.15) is 12.5 Å². The van der Waals surface area contributed by atoms with Crippen molar-refractivity contribution in [2.24, 2.45) is 0 Å². The van der Waals surface area contributed by atoms with Crippen LogP contribution in [0.25, 0.3) is 0 Å². The van der Waals surface area contributed by atoms with Gasteiger partial charge in [0.15, 0.2) is 18.9 Å². The molecule has 0 N–H and O–H groups in total. The molecule has 0 aromatic carbocycles.